The number of methoxy groups -OCH3 is 1. The summed E-state index contributed by atoms with van der Waals surface area (Å²) in [6.45, 7) is 2.07. The normalized spacial score (nSPS) is 17.9. The first-order valence-electron chi connectivity index (χ1n) is 6.05. The molecule has 0 amide bonds. The van der Waals surface area contributed by atoms with Gasteiger partial charge in [0.2, 0.25) is 0 Å². The topological polar surface area (TPSA) is 67.5 Å². The number of benzene rings is 1. The molecule has 4 nitrogen and oxygen atoms in total. The van der Waals surface area contributed by atoms with Crippen molar-refractivity contribution in [3.8, 4) is 11.5 Å². The Bertz CT molecular complexity index is 381. The van der Waals surface area contributed by atoms with E-state index in [9.17, 15) is 5.11 Å². The van der Waals surface area contributed by atoms with Crippen LogP contribution < -0.4 is 15.8 Å². The zero-order chi connectivity index (χ0) is 12.3. The number of halogens is 1. The lowest BCUT2D eigenvalue weighted by molar-refractivity contribution is 0.320. The van der Waals surface area contributed by atoms with E-state index in [2.05, 4.69) is 5.32 Å². The highest BCUT2D eigenvalue weighted by Gasteiger charge is 2.22. The van der Waals surface area contributed by atoms with Crippen LogP contribution in [0, 0.1) is 5.92 Å². The minimum absolute atomic E-state index is 0. The zero-order valence-corrected chi connectivity index (χ0v) is 11.4. The standard InChI is InChI=1S/C13H20N2O2.ClH/c1-17-12-8-10(2-3-11(12)16)13(14)9-4-6-15-7-5-9;/h2-3,8-9,13,15-16H,4-7,14H2,1H3;1H/t13-;/m1./s1. The first-order chi connectivity index (χ1) is 8.22. The molecule has 1 atom stereocenters. The fraction of sp³-hybridized carbons (Fsp3) is 0.538. The predicted octanol–water partition coefficient (Wildman–Crippen LogP) is 1.82. The third-order valence-electron chi connectivity index (χ3n) is 3.48. The van der Waals surface area contributed by atoms with E-state index < -0.39 is 0 Å². The monoisotopic (exact) mass is 272 g/mol. The van der Waals surface area contributed by atoms with E-state index in [4.69, 9.17) is 10.5 Å². The first kappa shape index (κ1) is 15.1. The van der Waals surface area contributed by atoms with Crippen molar-refractivity contribution < 1.29 is 9.84 Å². The highest BCUT2D eigenvalue weighted by Crippen LogP contribution is 2.32. The third kappa shape index (κ3) is 3.28. The summed E-state index contributed by atoms with van der Waals surface area (Å²) in [7, 11) is 1.55. The fourth-order valence-corrected chi connectivity index (χ4v) is 2.38. The molecule has 1 fully saturated rings. The van der Waals surface area contributed by atoms with E-state index in [-0.39, 0.29) is 24.2 Å². The number of phenols is 1. The number of hydrogen-bond acceptors (Lipinski definition) is 4. The highest BCUT2D eigenvalue weighted by molar-refractivity contribution is 5.85. The van der Waals surface area contributed by atoms with Crippen molar-refractivity contribution in [1.82, 2.24) is 5.32 Å². The van der Waals surface area contributed by atoms with E-state index in [1.165, 1.54) is 0 Å². The van der Waals surface area contributed by atoms with Gasteiger partial charge in [0.15, 0.2) is 11.5 Å². The Balaban J connectivity index is 0.00000162. The average Bonchev–Trinajstić information content (AvgIpc) is 2.39. The van der Waals surface area contributed by atoms with Crippen LogP contribution in [0.1, 0.15) is 24.4 Å². The summed E-state index contributed by atoms with van der Waals surface area (Å²) in [4.78, 5) is 0. The lowest BCUT2D eigenvalue weighted by atomic mass is 9.86. The van der Waals surface area contributed by atoms with Crippen LogP contribution >= 0.6 is 12.4 Å². The summed E-state index contributed by atoms with van der Waals surface area (Å²) in [6.07, 6.45) is 2.20. The number of nitrogens with two attached hydrogens (primary N) is 1. The number of rotatable bonds is 3. The Hall–Kier alpha value is -0.970. The molecule has 102 valence electrons. The van der Waals surface area contributed by atoms with Gasteiger partial charge in [0.05, 0.1) is 7.11 Å². The summed E-state index contributed by atoms with van der Waals surface area (Å²) in [6, 6.07) is 5.38. The number of hydrogen-bond donors (Lipinski definition) is 3. The Kier molecular flexibility index (Phi) is 5.72. The van der Waals surface area contributed by atoms with Crippen molar-refractivity contribution in [2.75, 3.05) is 20.2 Å². The molecule has 0 bridgehead atoms. The second kappa shape index (κ2) is 6.83. The number of phenolic OH excluding ortho intramolecular Hbond substituents is 1. The molecule has 1 aromatic carbocycles. The molecule has 0 aromatic heterocycles. The largest absolute Gasteiger partial charge is 0.504 e. The van der Waals surface area contributed by atoms with Crippen LogP contribution in [0.4, 0.5) is 0 Å². The SMILES string of the molecule is COc1cc([C@H](N)C2CCNCC2)ccc1O.Cl. The summed E-state index contributed by atoms with van der Waals surface area (Å²) >= 11 is 0. The molecule has 18 heavy (non-hydrogen) atoms. The molecule has 1 aromatic rings. The molecule has 0 saturated carbocycles. The van der Waals surface area contributed by atoms with E-state index in [1.54, 1.807) is 13.2 Å². The van der Waals surface area contributed by atoms with Crippen molar-refractivity contribution in [3.05, 3.63) is 23.8 Å². The molecular weight excluding hydrogens is 252 g/mol. The summed E-state index contributed by atoms with van der Waals surface area (Å²) < 4.78 is 5.11. The number of aromatic hydroxyl groups is 1. The molecule has 1 aliphatic heterocycles. The number of piperidine rings is 1. The second-order valence-corrected chi connectivity index (χ2v) is 4.54. The van der Waals surface area contributed by atoms with E-state index in [0.29, 0.717) is 11.7 Å². The van der Waals surface area contributed by atoms with Crippen LogP contribution in [-0.2, 0) is 0 Å². The van der Waals surface area contributed by atoms with Crippen molar-refractivity contribution >= 4 is 12.4 Å². The van der Waals surface area contributed by atoms with Crippen molar-refractivity contribution in [3.63, 3.8) is 0 Å². The maximum Gasteiger partial charge on any atom is 0.160 e. The van der Waals surface area contributed by atoms with Gasteiger partial charge in [-0.1, -0.05) is 6.07 Å². The molecule has 0 spiro atoms. The molecule has 0 unspecified atom stereocenters. The van der Waals surface area contributed by atoms with Crippen LogP contribution in [0.15, 0.2) is 18.2 Å². The maximum atomic E-state index is 9.55. The van der Waals surface area contributed by atoms with Crippen LogP contribution in [-0.4, -0.2) is 25.3 Å². The van der Waals surface area contributed by atoms with Crippen molar-refractivity contribution in [1.29, 1.82) is 0 Å². The lowest BCUT2D eigenvalue weighted by Gasteiger charge is -2.28. The van der Waals surface area contributed by atoms with Crippen molar-refractivity contribution in [2.24, 2.45) is 11.7 Å². The van der Waals surface area contributed by atoms with Crippen LogP contribution in [0.3, 0.4) is 0 Å². The van der Waals surface area contributed by atoms with Gasteiger partial charge >= 0.3 is 0 Å². The van der Waals surface area contributed by atoms with Gasteiger partial charge in [-0.3, -0.25) is 0 Å². The predicted molar refractivity (Wildman–Crippen MR) is 74.4 cm³/mol. The summed E-state index contributed by atoms with van der Waals surface area (Å²) in [5, 5.41) is 12.9. The van der Waals surface area contributed by atoms with Gasteiger partial charge in [0.1, 0.15) is 0 Å². The maximum absolute atomic E-state index is 9.55. The Morgan fingerprint density at radius 3 is 2.67 bits per heavy atom. The molecule has 1 saturated heterocycles. The average molecular weight is 273 g/mol. The summed E-state index contributed by atoms with van der Waals surface area (Å²) in [5.74, 6) is 1.16. The van der Waals surface area contributed by atoms with Gasteiger partial charge in [-0.05, 0) is 49.5 Å². The van der Waals surface area contributed by atoms with Gasteiger partial charge in [-0.15, -0.1) is 12.4 Å². The highest BCUT2D eigenvalue weighted by atomic mass is 35.5. The Labute approximate surface area is 114 Å². The summed E-state index contributed by atoms with van der Waals surface area (Å²) in [5.41, 5.74) is 7.31. The minimum Gasteiger partial charge on any atom is -0.504 e. The fourth-order valence-electron chi connectivity index (χ4n) is 2.38. The molecule has 5 heteroatoms. The van der Waals surface area contributed by atoms with Crippen LogP contribution in [0.2, 0.25) is 0 Å². The lowest BCUT2D eigenvalue weighted by Crippen LogP contribution is -2.33. The molecule has 2 rings (SSSR count). The Morgan fingerprint density at radius 1 is 1.39 bits per heavy atom. The second-order valence-electron chi connectivity index (χ2n) is 4.54. The Morgan fingerprint density at radius 2 is 2.06 bits per heavy atom. The zero-order valence-electron chi connectivity index (χ0n) is 10.6. The minimum atomic E-state index is 0. The van der Waals surface area contributed by atoms with E-state index in [0.717, 1.165) is 31.5 Å². The van der Waals surface area contributed by atoms with Gasteiger partial charge in [-0.25, -0.2) is 0 Å². The third-order valence-corrected chi connectivity index (χ3v) is 3.48. The van der Waals surface area contributed by atoms with Crippen molar-refractivity contribution in [2.45, 2.75) is 18.9 Å². The quantitative estimate of drug-likeness (QED) is 0.785. The number of nitrogens with one attached hydrogen (secondary N) is 1. The van der Waals surface area contributed by atoms with Gasteiger partial charge in [-0.2, -0.15) is 0 Å². The van der Waals surface area contributed by atoms with E-state index >= 15 is 0 Å². The van der Waals surface area contributed by atoms with Gasteiger partial charge in [0, 0.05) is 6.04 Å². The number of ether oxygens (including phenoxy) is 1. The van der Waals surface area contributed by atoms with Gasteiger partial charge in [0.25, 0.3) is 0 Å². The molecular formula is C13H21ClN2O2. The first-order valence-corrected chi connectivity index (χ1v) is 6.05. The molecule has 4 N–H and O–H groups in total. The molecule has 1 aliphatic rings. The molecule has 1 heterocycles. The molecule has 0 radical (unpaired) electrons. The van der Waals surface area contributed by atoms with Gasteiger partial charge < -0.3 is 20.9 Å². The van der Waals surface area contributed by atoms with E-state index in [1.807, 2.05) is 12.1 Å². The van der Waals surface area contributed by atoms with Crippen LogP contribution in [0.5, 0.6) is 11.5 Å². The smallest absolute Gasteiger partial charge is 0.160 e. The van der Waals surface area contributed by atoms with Crippen LogP contribution in [0.25, 0.3) is 0 Å². The molecule has 0 aliphatic carbocycles.